The van der Waals surface area contributed by atoms with Gasteiger partial charge in [-0.2, -0.15) is 0 Å². The highest BCUT2D eigenvalue weighted by Crippen LogP contribution is 2.12. The van der Waals surface area contributed by atoms with Crippen LogP contribution in [-0.2, 0) is 11.3 Å². The summed E-state index contributed by atoms with van der Waals surface area (Å²) in [7, 11) is 0. The van der Waals surface area contributed by atoms with E-state index < -0.39 is 17.7 Å². The first kappa shape index (κ1) is 13.8. The summed E-state index contributed by atoms with van der Waals surface area (Å²) in [6.45, 7) is 1.51. The second kappa shape index (κ2) is 5.56. The van der Waals surface area contributed by atoms with Gasteiger partial charge in [0, 0.05) is 11.9 Å². The lowest BCUT2D eigenvalue weighted by Gasteiger charge is -2.08. The number of carbonyl (C=O) groups is 2. The van der Waals surface area contributed by atoms with E-state index in [1.54, 1.807) is 19.1 Å². The second-order valence-electron chi connectivity index (χ2n) is 4.34. The van der Waals surface area contributed by atoms with Crippen molar-refractivity contribution in [3.8, 4) is 0 Å². The zero-order valence-corrected chi connectivity index (χ0v) is 10.8. The Morgan fingerprint density at radius 3 is 2.75 bits per heavy atom. The summed E-state index contributed by atoms with van der Waals surface area (Å²) in [4.78, 5) is 22.9. The molecule has 1 amide bonds. The van der Waals surface area contributed by atoms with E-state index in [-0.39, 0.29) is 12.2 Å². The van der Waals surface area contributed by atoms with Gasteiger partial charge in [-0.3, -0.25) is 4.79 Å². The highest BCUT2D eigenvalue weighted by molar-refractivity contribution is 5.92. The van der Waals surface area contributed by atoms with E-state index in [4.69, 9.17) is 5.11 Å². The molecule has 0 spiro atoms. The van der Waals surface area contributed by atoms with Crippen molar-refractivity contribution in [2.24, 2.45) is 0 Å². The average molecular weight is 276 g/mol. The highest BCUT2D eigenvalue weighted by atomic mass is 19.1. The maximum absolute atomic E-state index is 13.0. The number of nitrogens with one attached hydrogen (secondary N) is 1. The summed E-state index contributed by atoms with van der Waals surface area (Å²) in [5, 5.41) is 11.6. The van der Waals surface area contributed by atoms with Crippen molar-refractivity contribution < 1.29 is 19.1 Å². The highest BCUT2D eigenvalue weighted by Gasteiger charge is 2.15. The predicted molar refractivity (Wildman–Crippen MR) is 71.2 cm³/mol. The van der Waals surface area contributed by atoms with Crippen LogP contribution in [0.1, 0.15) is 16.1 Å². The monoisotopic (exact) mass is 276 g/mol. The Morgan fingerprint density at radius 1 is 1.35 bits per heavy atom. The third kappa shape index (κ3) is 3.03. The molecule has 0 bridgehead atoms. The second-order valence-corrected chi connectivity index (χ2v) is 4.34. The lowest BCUT2D eigenvalue weighted by Crippen LogP contribution is -2.21. The first-order valence-corrected chi connectivity index (χ1v) is 5.92. The van der Waals surface area contributed by atoms with Crippen LogP contribution in [0.4, 0.5) is 10.1 Å². The molecule has 6 heteroatoms. The van der Waals surface area contributed by atoms with E-state index in [0.717, 1.165) is 0 Å². The van der Waals surface area contributed by atoms with E-state index in [0.29, 0.717) is 11.3 Å². The Balaban J connectivity index is 2.11. The van der Waals surface area contributed by atoms with Gasteiger partial charge in [0.25, 0.3) is 0 Å². The van der Waals surface area contributed by atoms with E-state index in [1.165, 1.54) is 29.0 Å². The maximum Gasteiger partial charge on any atom is 0.352 e. The third-order valence-electron chi connectivity index (χ3n) is 2.79. The molecule has 0 aliphatic heterocycles. The van der Waals surface area contributed by atoms with Gasteiger partial charge in [0.1, 0.15) is 18.1 Å². The zero-order valence-electron chi connectivity index (χ0n) is 10.8. The van der Waals surface area contributed by atoms with Crippen molar-refractivity contribution in [3.63, 3.8) is 0 Å². The quantitative estimate of drug-likeness (QED) is 0.899. The standard InChI is InChI=1S/C14H13FN2O3/c1-9-5-6-17(13(9)14(19)20)8-12(18)16-11-4-2-3-10(15)7-11/h2-7H,8H2,1H3,(H,16,18)(H,19,20). The number of aryl methyl sites for hydroxylation is 1. The van der Waals surface area contributed by atoms with E-state index >= 15 is 0 Å². The lowest BCUT2D eigenvalue weighted by atomic mass is 10.3. The molecule has 20 heavy (non-hydrogen) atoms. The van der Waals surface area contributed by atoms with Crippen molar-refractivity contribution >= 4 is 17.6 Å². The van der Waals surface area contributed by atoms with Crippen molar-refractivity contribution in [2.45, 2.75) is 13.5 Å². The smallest absolute Gasteiger partial charge is 0.352 e. The van der Waals surface area contributed by atoms with Gasteiger partial charge in [-0.1, -0.05) is 6.07 Å². The van der Waals surface area contributed by atoms with Crippen LogP contribution in [0.2, 0.25) is 0 Å². The van der Waals surface area contributed by atoms with Crippen LogP contribution in [-0.4, -0.2) is 21.6 Å². The fourth-order valence-electron chi connectivity index (χ4n) is 1.93. The predicted octanol–water partition coefficient (Wildman–Crippen LogP) is 2.27. The topological polar surface area (TPSA) is 71.3 Å². The summed E-state index contributed by atoms with van der Waals surface area (Å²) in [6, 6.07) is 7.12. The first-order valence-electron chi connectivity index (χ1n) is 5.92. The molecule has 0 fully saturated rings. The van der Waals surface area contributed by atoms with Crippen molar-refractivity contribution in [1.29, 1.82) is 0 Å². The summed E-state index contributed by atoms with van der Waals surface area (Å²) >= 11 is 0. The fourth-order valence-corrected chi connectivity index (χ4v) is 1.93. The number of hydrogen-bond donors (Lipinski definition) is 2. The molecule has 2 aromatic rings. The van der Waals surface area contributed by atoms with Crippen LogP contribution in [0.3, 0.4) is 0 Å². The maximum atomic E-state index is 13.0. The molecule has 0 saturated carbocycles. The minimum atomic E-state index is -1.09. The Hall–Kier alpha value is -2.63. The molecule has 2 rings (SSSR count). The van der Waals surface area contributed by atoms with Gasteiger partial charge in [0.05, 0.1) is 0 Å². The number of carboxylic acid groups (broad SMARTS) is 1. The number of anilines is 1. The third-order valence-corrected chi connectivity index (χ3v) is 2.79. The number of benzene rings is 1. The molecule has 1 aromatic heterocycles. The van der Waals surface area contributed by atoms with Crippen LogP contribution < -0.4 is 5.32 Å². The van der Waals surface area contributed by atoms with Crippen LogP contribution in [0, 0.1) is 12.7 Å². The minimum Gasteiger partial charge on any atom is -0.477 e. The molecular weight excluding hydrogens is 263 g/mol. The Kier molecular flexibility index (Phi) is 3.84. The average Bonchev–Trinajstić information content (AvgIpc) is 2.70. The van der Waals surface area contributed by atoms with Gasteiger partial charge >= 0.3 is 5.97 Å². The molecule has 0 saturated heterocycles. The van der Waals surface area contributed by atoms with Gasteiger partial charge in [0.2, 0.25) is 5.91 Å². The Labute approximate surface area is 114 Å². The number of carboxylic acids is 1. The molecule has 104 valence electrons. The normalized spacial score (nSPS) is 10.3. The van der Waals surface area contributed by atoms with Gasteiger partial charge in [-0.25, -0.2) is 9.18 Å². The Morgan fingerprint density at radius 2 is 2.10 bits per heavy atom. The minimum absolute atomic E-state index is 0.0689. The molecule has 0 aliphatic rings. The molecule has 0 unspecified atom stereocenters. The molecule has 2 N–H and O–H groups in total. The van der Waals surface area contributed by atoms with Crippen molar-refractivity contribution in [1.82, 2.24) is 4.57 Å². The first-order chi connectivity index (χ1) is 9.47. The molecule has 0 radical (unpaired) electrons. The number of hydrogen-bond acceptors (Lipinski definition) is 2. The summed E-state index contributed by atoms with van der Waals surface area (Å²) in [5.41, 5.74) is 0.978. The Bertz CT molecular complexity index is 664. The number of aromatic carboxylic acids is 1. The molecule has 0 aliphatic carbocycles. The number of nitrogens with zero attached hydrogens (tertiary/aromatic N) is 1. The van der Waals surface area contributed by atoms with Gasteiger partial charge < -0.3 is 15.0 Å². The van der Waals surface area contributed by atoms with Crippen LogP contribution in [0.15, 0.2) is 36.5 Å². The molecule has 5 nitrogen and oxygen atoms in total. The summed E-state index contributed by atoms with van der Waals surface area (Å²) < 4.78 is 14.3. The molecule has 0 atom stereocenters. The number of halogens is 1. The fraction of sp³-hybridized carbons (Fsp3) is 0.143. The van der Waals surface area contributed by atoms with E-state index in [9.17, 15) is 14.0 Å². The van der Waals surface area contributed by atoms with Crippen molar-refractivity contribution in [2.75, 3.05) is 5.32 Å². The van der Waals surface area contributed by atoms with Gasteiger partial charge in [-0.05, 0) is 36.8 Å². The number of aromatic nitrogens is 1. The summed E-state index contributed by atoms with van der Waals surface area (Å²) in [6.07, 6.45) is 1.53. The van der Waals surface area contributed by atoms with Gasteiger partial charge in [-0.15, -0.1) is 0 Å². The van der Waals surface area contributed by atoms with Gasteiger partial charge in [0.15, 0.2) is 0 Å². The largest absolute Gasteiger partial charge is 0.477 e. The van der Waals surface area contributed by atoms with Crippen molar-refractivity contribution in [3.05, 3.63) is 53.6 Å². The molecule has 1 aromatic carbocycles. The SMILES string of the molecule is Cc1ccn(CC(=O)Nc2cccc(F)c2)c1C(=O)O. The number of carbonyl (C=O) groups excluding carboxylic acids is 1. The van der Waals surface area contributed by atoms with E-state index in [2.05, 4.69) is 5.32 Å². The lowest BCUT2D eigenvalue weighted by molar-refractivity contribution is -0.116. The van der Waals surface area contributed by atoms with Crippen LogP contribution in [0.25, 0.3) is 0 Å². The van der Waals surface area contributed by atoms with Crippen LogP contribution in [0.5, 0.6) is 0 Å². The molecular formula is C14H13FN2O3. The number of amides is 1. The van der Waals surface area contributed by atoms with E-state index in [1.807, 2.05) is 0 Å². The molecule has 1 heterocycles. The summed E-state index contributed by atoms with van der Waals surface area (Å²) in [5.74, 6) is -1.97. The van der Waals surface area contributed by atoms with Crippen LogP contribution >= 0.6 is 0 Å². The number of rotatable bonds is 4. The zero-order chi connectivity index (χ0) is 14.7.